The van der Waals surface area contributed by atoms with E-state index >= 15 is 0 Å². The molecule has 2 aromatic rings. The smallest absolute Gasteiger partial charge is 0.341 e. The number of para-hydroxylation sites is 1. The molecule has 0 radical (unpaired) electrons. The van der Waals surface area contributed by atoms with Gasteiger partial charge in [-0.15, -0.1) is 0 Å². The van der Waals surface area contributed by atoms with Gasteiger partial charge in [0.05, 0.1) is 8.48 Å². The number of benzene rings is 2. The van der Waals surface area contributed by atoms with E-state index in [0.717, 1.165) is 22.3 Å². The van der Waals surface area contributed by atoms with Gasteiger partial charge in [0.2, 0.25) is 5.91 Å². The van der Waals surface area contributed by atoms with Gasteiger partial charge in [-0.1, -0.05) is 24.3 Å². The number of carbonyl (C=O) groups excluding carboxylic acids is 3. The van der Waals surface area contributed by atoms with Crippen molar-refractivity contribution in [1.29, 1.82) is 0 Å². The van der Waals surface area contributed by atoms with Crippen molar-refractivity contribution in [1.82, 2.24) is 9.80 Å². The van der Waals surface area contributed by atoms with Crippen LogP contribution in [0.5, 0.6) is 5.75 Å². The Morgan fingerprint density at radius 1 is 1.06 bits per heavy atom. The fraction of sp³-hybridized carbons (Fsp3) is 0.250. The molecule has 0 spiro atoms. The highest BCUT2D eigenvalue weighted by Crippen LogP contribution is 2.33. The summed E-state index contributed by atoms with van der Waals surface area (Å²) in [5, 5.41) is 8.27. The first-order valence-corrected chi connectivity index (χ1v) is 12.7. The lowest BCUT2D eigenvalue weighted by atomic mass is 10.2. The Hall–Kier alpha value is -3.06. The number of amides is 3. The minimum Gasteiger partial charge on any atom is -0.481 e. The van der Waals surface area contributed by atoms with Crippen molar-refractivity contribution in [3.63, 3.8) is 0 Å². The van der Waals surface area contributed by atoms with Crippen LogP contribution in [-0.2, 0) is 14.4 Å². The van der Waals surface area contributed by atoms with E-state index in [0.29, 0.717) is 41.1 Å². The van der Waals surface area contributed by atoms with Gasteiger partial charge >= 0.3 is 5.97 Å². The quantitative estimate of drug-likeness (QED) is 0.378. The minimum absolute atomic E-state index is 0.228. The lowest BCUT2D eigenvalue weighted by molar-refractivity contribution is -0.139. The van der Waals surface area contributed by atoms with Gasteiger partial charge in [-0.2, -0.15) is 0 Å². The highest BCUT2D eigenvalue weighted by molar-refractivity contribution is 14.1. The molecular formula is C24H22IN3O6S. The molecule has 9 nitrogen and oxygen atoms in total. The first kappa shape index (κ1) is 25.0. The van der Waals surface area contributed by atoms with E-state index in [9.17, 15) is 19.2 Å². The monoisotopic (exact) mass is 607 g/mol. The number of nitrogens with zero attached hydrogens (tertiary/aromatic N) is 3. The van der Waals surface area contributed by atoms with Crippen LogP contribution in [0, 0.1) is 3.57 Å². The summed E-state index contributed by atoms with van der Waals surface area (Å²) in [5.74, 6) is -1.42. The SMILES string of the molecule is O=C(O)COc1ccc(/C=C2/SC(=O)N(CC(=O)N3CCN(c4ccccc4)CC3)C2=O)cc1I. The number of piperazine rings is 1. The maximum Gasteiger partial charge on any atom is 0.341 e. The second kappa shape index (κ2) is 11.1. The lowest BCUT2D eigenvalue weighted by Crippen LogP contribution is -2.51. The molecule has 0 atom stereocenters. The number of aliphatic carboxylic acids is 1. The number of ether oxygens (including phenoxy) is 1. The van der Waals surface area contributed by atoms with Crippen molar-refractivity contribution < 1.29 is 29.0 Å². The van der Waals surface area contributed by atoms with Crippen LogP contribution in [-0.4, -0.2) is 77.3 Å². The number of imide groups is 1. The molecule has 0 bridgehead atoms. The van der Waals surface area contributed by atoms with E-state index in [-0.39, 0.29) is 17.4 Å². The molecule has 1 N–H and O–H groups in total. The molecule has 0 unspecified atom stereocenters. The fourth-order valence-corrected chi connectivity index (χ4v) is 5.27. The van der Waals surface area contributed by atoms with E-state index in [1.807, 2.05) is 52.9 Å². The largest absolute Gasteiger partial charge is 0.481 e. The number of carboxylic acids is 1. The third kappa shape index (κ3) is 6.14. The van der Waals surface area contributed by atoms with Crippen molar-refractivity contribution in [2.24, 2.45) is 0 Å². The van der Waals surface area contributed by atoms with Crippen LogP contribution in [0.2, 0.25) is 0 Å². The third-order valence-electron chi connectivity index (χ3n) is 5.53. The van der Waals surface area contributed by atoms with Crippen LogP contribution in [0.25, 0.3) is 6.08 Å². The molecule has 0 aromatic heterocycles. The Bertz CT molecular complexity index is 1180. The highest BCUT2D eigenvalue weighted by Gasteiger charge is 2.37. The van der Waals surface area contributed by atoms with Crippen LogP contribution in [0.15, 0.2) is 53.4 Å². The molecule has 11 heteroatoms. The first-order chi connectivity index (χ1) is 16.8. The molecule has 2 aliphatic rings. The van der Waals surface area contributed by atoms with Crippen molar-refractivity contribution in [3.8, 4) is 5.75 Å². The van der Waals surface area contributed by atoms with E-state index in [4.69, 9.17) is 9.84 Å². The molecule has 2 aromatic carbocycles. The Kier molecular flexibility index (Phi) is 7.96. The fourth-order valence-electron chi connectivity index (χ4n) is 3.74. The van der Waals surface area contributed by atoms with Gasteiger partial charge in [0.1, 0.15) is 12.3 Å². The van der Waals surface area contributed by atoms with Gasteiger partial charge in [0.25, 0.3) is 11.1 Å². The van der Waals surface area contributed by atoms with Crippen molar-refractivity contribution in [2.75, 3.05) is 44.2 Å². The highest BCUT2D eigenvalue weighted by atomic mass is 127. The van der Waals surface area contributed by atoms with E-state index in [1.54, 1.807) is 29.2 Å². The van der Waals surface area contributed by atoms with Gasteiger partial charge in [-0.3, -0.25) is 19.3 Å². The summed E-state index contributed by atoms with van der Waals surface area (Å²) < 4.78 is 5.87. The van der Waals surface area contributed by atoms with Gasteiger partial charge in [0, 0.05) is 31.9 Å². The summed E-state index contributed by atoms with van der Waals surface area (Å²) in [6, 6.07) is 15.0. The van der Waals surface area contributed by atoms with E-state index < -0.39 is 23.7 Å². The van der Waals surface area contributed by atoms with Crippen LogP contribution >= 0.6 is 34.4 Å². The molecule has 2 heterocycles. The number of halogens is 1. The van der Waals surface area contributed by atoms with Crippen molar-refractivity contribution in [2.45, 2.75) is 0 Å². The van der Waals surface area contributed by atoms with Crippen molar-refractivity contribution in [3.05, 3.63) is 62.6 Å². The zero-order chi connectivity index (χ0) is 24.9. The predicted octanol–water partition coefficient (Wildman–Crippen LogP) is 3.14. The average Bonchev–Trinajstić information content (AvgIpc) is 3.11. The van der Waals surface area contributed by atoms with E-state index in [2.05, 4.69) is 4.90 Å². The number of anilines is 1. The number of hydrogen-bond donors (Lipinski definition) is 1. The second-order valence-corrected chi connectivity index (χ2v) is 10.00. The number of carboxylic acid groups (broad SMARTS) is 1. The number of rotatable bonds is 7. The summed E-state index contributed by atoms with van der Waals surface area (Å²) >= 11 is 2.80. The van der Waals surface area contributed by atoms with E-state index in [1.165, 1.54) is 0 Å². The van der Waals surface area contributed by atoms with Crippen LogP contribution in [0.1, 0.15) is 5.56 Å². The summed E-state index contributed by atoms with van der Waals surface area (Å²) in [4.78, 5) is 53.9. The summed E-state index contributed by atoms with van der Waals surface area (Å²) in [6.07, 6.45) is 1.58. The molecule has 0 saturated carbocycles. The van der Waals surface area contributed by atoms with Gasteiger partial charge in [0.15, 0.2) is 6.61 Å². The first-order valence-electron chi connectivity index (χ1n) is 10.8. The van der Waals surface area contributed by atoms with Gasteiger partial charge < -0.3 is 19.6 Å². The Labute approximate surface area is 219 Å². The molecule has 182 valence electrons. The van der Waals surface area contributed by atoms with Gasteiger partial charge in [-0.25, -0.2) is 4.79 Å². The Balaban J connectivity index is 1.35. The molecular weight excluding hydrogens is 585 g/mol. The molecule has 2 saturated heterocycles. The number of hydrogen-bond acceptors (Lipinski definition) is 7. The maximum absolute atomic E-state index is 12.9. The molecule has 2 fully saturated rings. The maximum atomic E-state index is 12.9. The minimum atomic E-state index is -1.08. The Morgan fingerprint density at radius 3 is 2.43 bits per heavy atom. The average molecular weight is 607 g/mol. The standard InChI is InChI=1S/C24H22IN3O6S/c25-18-12-16(6-7-19(18)34-15-22(30)31)13-20-23(32)28(24(33)35-20)14-21(29)27-10-8-26(9-11-27)17-4-2-1-3-5-17/h1-7,12-13H,8-11,14-15H2,(H,30,31)/b20-13+. The zero-order valence-electron chi connectivity index (χ0n) is 18.6. The van der Waals surface area contributed by atoms with Crippen LogP contribution in [0.3, 0.4) is 0 Å². The number of thioether (sulfide) groups is 1. The van der Waals surface area contributed by atoms with Crippen LogP contribution < -0.4 is 9.64 Å². The molecule has 2 aliphatic heterocycles. The topological polar surface area (TPSA) is 107 Å². The third-order valence-corrected chi connectivity index (χ3v) is 7.28. The number of carbonyl (C=O) groups is 4. The second-order valence-electron chi connectivity index (χ2n) is 7.84. The predicted molar refractivity (Wildman–Crippen MR) is 140 cm³/mol. The summed E-state index contributed by atoms with van der Waals surface area (Å²) in [7, 11) is 0. The van der Waals surface area contributed by atoms with Gasteiger partial charge in [-0.05, 0) is 70.3 Å². The van der Waals surface area contributed by atoms with Crippen LogP contribution in [0.4, 0.5) is 10.5 Å². The molecule has 4 rings (SSSR count). The molecule has 0 aliphatic carbocycles. The Morgan fingerprint density at radius 2 is 1.77 bits per heavy atom. The van der Waals surface area contributed by atoms with Crippen molar-refractivity contribution >= 4 is 69.1 Å². The summed E-state index contributed by atoms with van der Waals surface area (Å²) in [5.41, 5.74) is 1.76. The normalized spacial score (nSPS) is 17.3. The molecule has 3 amide bonds. The molecule has 35 heavy (non-hydrogen) atoms. The zero-order valence-corrected chi connectivity index (χ0v) is 21.5. The summed E-state index contributed by atoms with van der Waals surface area (Å²) in [6.45, 7) is 1.67. The lowest BCUT2D eigenvalue weighted by Gasteiger charge is -2.36.